The van der Waals surface area contributed by atoms with Gasteiger partial charge in [-0.25, -0.2) is 0 Å². The number of nitrogens with one attached hydrogen (secondary N) is 1. The number of carbonyl (C=O) groups is 1. The molecule has 3 rings (SSSR count). The van der Waals surface area contributed by atoms with Gasteiger partial charge in [-0.15, -0.1) is 11.3 Å². The van der Waals surface area contributed by atoms with E-state index in [2.05, 4.69) is 42.7 Å². The van der Waals surface area contributed by atoms with Crippen molar-refractivity contribution in [3.63, 3.8) is 0 Å². The monoisotopic (exact) mass is 283 g/mol. The van der Waals surface area contributed by atoms with Crippen molar-refractivity contribution in [3.8, 4) is 0 Å². The lowest BCUT2D eigenvalue weighted by Gasteiger charge is -2.10. The third-order valence-corrected chi connectivity index (χ3v) is 4.32. The fourth-order valence-corrected chi connectivity index (χ4v) is 3.30. The Hall–Kier alpha value is -1.87. The summed E-state index contributed by atoms with van der Waals surface area (Å²) in [5.41, 5.74) is 0.786. The molecule has 0 radical (unpaired) electrons. The van der Waals surface area contributed by atoms with E-state index in [0.717, 1.165) is 15.6 Å². The van der Waals surface area contributed by atoms with E-state index in [1.807, 2.05) is 18.2 Å². The number of carbonyl (C=O) groups excluding carboxylic acids is 1. The van der Waals surface area contributed by atoms with E-state index in [1.165, 1.54) is 10.8 Å². The number of hydrogen-bond acceptors (Lipinski definition) is 2. The topological polar surface area (TPSA) is 29.1 Å². The summed E-state index contributed by atoms with van der Waals surface area (Å²) in [5, 5.41) is 8.56. The van der Waals surface area contributed by atoms with Crippen molar-refractivity contribution in [2.45, 2.75) is 13.8 Å². The average molecular weight is 283 g/mol. The highest BCUT2D eigenvalue weighted by Crippen LogP contribution is 2.32. The predicted molar refractivity (Wildman–Crippen MR) is 86.5 cm³/mol. The van der Waals surface area contributed by atoms with E-state index >= 15 is 0 Å². The fraction of sp³-hybridized carbons (Fsp3) is 0.235. The Morgan fingerprint density at radius 1 is 1.20 bits per heavy atom. The van der Waals surface area contributed by atoms with Gasteiger partial charge in [-0.05, 0) is 34.2 Å². The van der Waals surface area contributed by atoms with Crippen LogP contribution in [-0.4, -0.2) is 12.5 Å². The van der Waals surface area contributed by atoms with Crippen LogP contribution in [0.4, 0.5) is 0 Å². The van der Waals surface area contributed by atoms with Crippen molar-refractivity contribution < 1.29 is 4.79 Å². The first-order valence-electron chi connectivity index (χ1n) is 6.84. The zero-order chi connectivity index (χ0) is 14.1. The minimum atomic E-state index is 0.0249. The molecule has 0 fully saturated rings. The number of hydrogen-bond donors (Lipinski definition) is 1. The van der Waals surface area contributed by atoms with Gasteiger partial charge in [0.1, 0.15) is 0 Å². The largest absolute Gasteiger partial charge is 0.352 e. The van der Waals surface area contributed by atoms with Gasteiger partial charge in [-0.3, -0.25) is 4.79 Å². The van der Waals surface area contributed by atoms with Crippen LogP contribution in [0.5, 0.6) is 0 Å². The molecule has 1 heterocycles. The lowest BCUT2D eigenvalue weighted by molar-refractivity contribution is 0.0951. The van der Waals surface area contributed by atoms with Crippen LogP contribution in [0.25, 0.3) is 20.9 Å². The van der Waals surface area contributed by atoms with Crippen LogP contribution >= 0.6 is 11.3 Å². The van der Waals surface area contributed by atoms with Crippen molar-refractivity contribution >= 4 is 38.1 Å². The highest BCUT2D eigenvalue weighted by atomic mass is 32.1. The van der Waals surface area contributed by atoms with E-state index in [1.54, 1.807) is 11.3 Å². The van der Waals surface area contributed by atoms with Gasteiger partial charge in [0.25, 0.3) is 5.91 Å². The quantitative estimate of drug-likeness (QED) is 0.756. The fourth-order valence-electron chi connectivity index (χ4n) is 2.38. The molecule has 20 heavy (non-hydrogen) atoms. The van der Waals surface area contributed by atoms with Crippen LogP contribution in [0.3, 0.4) is 0 Å². The van der Waals surface area contributed by atoms with E-state index in [0.29, 0.717) is 12.5 Å². The van der Waals surface area contributed by atoms with Crippen molar-refractivity contribution in [3.05, 3.63) is 47.3 Å². The minimum Gasteiger partial charge on any atom is -0.352 e. The van der Waals surface area contributed by atoms with Crippen molar-refractivity contribution in [2.24, 2.45) is 5.92 Å². The highest BCUT2D eigenvalue weighted by Gasteiger charge is 2.14. The number of amides is 1. The summed E-state index contributed by atoms with van der Waals surface area (Å²) >= 11 is 1.63. The molecule has 1 amide bonds. The molecule has 0 aliphatic rings. The summed E-state index contributed by atoms with van der Waals surface area (Å²) in [4.78, 5) is 12.4. The Kier molecular flexibility index (Phi) is 3.45. The molecule has 1 N–H and O–H groups in total. The Balaban J connectivity index is 2.13. The van der Waals surface area contributed by atoms with Gasteiger partial charge in [0.05, 0.1) is 5.56 Å². The first-order valence-corrected chi connectivity index (χ1v) is 7.72. The van der Waals surface area contributed by atoms with Crippen LogP contribution in [0, 0.1) is 5.92 Å². The Bertz CT molecular complexity index is 773. The molecule has 0 saturated heterocycles. The lowest BCUT2D eigenvalue weighted by atomic mass is 10.0. The van der Waals surface area contributed by atoms with Gasteiger partial charge in [0.15, 0.2) is 0 Å². The average Bonchev–Trinajstić information content (AvgIpc) is 2.93. The third-order valence-electron chi connectivity index (χ3n) is 3.38. The smallest absolute Gasteiger partial charge is 0.252 e. The molecule has 1 aromatic heterocycles. The van der Waals surface area contributed by atoms with Gasteiger partial charge < -0.3 is 5.32 Å². The molecule has 0 aliphatic heterocycles. The Labute approximate surface area is 122 Å². The highest BCUT2D eigenvalue weighted by molar-refractivity contribution is 7.17. The standard InChI is InChI=1S/C17H17NOS/c1-11(2)10-18-17(19)15-9-12-5-3-4-6-13(12)14-7-8-20-16(14)15/h3-9,11H,10H2,1-2H3,(H,18,19). The van der Waals surface area contributed by atoms with Gasteiger partial charge in [0.2, 0.25) is 0 Å². The van der Waals surface area contributed by atoms with Crippen LogP contribution in [-0.2, 0) is 0 Å². The molecule has 3 aromatic rings. The van der Waals surface area contributed by atoms with Crippen LogP contribution < -0.4 is 5.32 Å². The Morgan fingerprint density at radius 3 is 2.80 bits per heavy atom. The first kappa shape index (κ1) is 13.1. The van der Waals surface area contributed by atoms with Gasteiger partial charge in [-0.1, -0.05) is 38.1 Å². The molecule has 2 nitrogen and oxygen atoms in total. The zero-order valence-corrected chi connectivity index (χ0v) is 12.5. The van der Waals surface area contributed by atoms with E-state index in [9.17, 15) is 4.79 Å². The number of benzene rings is 2. The molecule has 0 aliphatic carbocycles. The van der Waals surface area contributed by atoms with E-state index < -0.39 is 0 Å². The summed E-state index contributed by atoms with van der Waals surface area (Å²) in [6.45, 7) is 4.90. The van der Waals surface area contributed by atoms with Crippen LogP contribution in [0.15, 0.2) is 41.8 Å². The van der Waals surface area contributed by atoms with Gasteiger partial charge >= 0.3 is 0 Å². The van der Waals surface area contributed by atoms with Gasteiger partial charge in [0, 0.05) is 16.6 Å². The second kappa shape index (κ2) is 5.25. The number of thiophene rings is 1. The van der Waals surface area contributed by atoms with Crippen molar-refractivity contribution in [1.29, 1.82) is 0 Å². The molecule has 0 saturated carbocycles. The first-order chi connectivity index (χ1) is 9.66. The lowest BCUT2D eigenvalue weighted by Crippen LogP contribution is -2.27. The van der Waals surface area contributed by atoms with Crippen molar-refractivity contribution in [1.82, 2.24) is 5.32 Å². The van der Waals surface area contributed by atoms with Crippen LogP contribution in [0.1, 0.15) is 24.2 Å². The Morgan fingerprint density at radius 2 is 2.00 bits per heavy atom. The summed E-state index contributed by atoms with van der Waals surface area (Å²) in [6.07, 6.45) is 0. The predicted octanol–water partition coefficient (Wildman–Crippen LogP) is 4.44. The zero-order valence-electron chi connectivity index (χ0n) is 11.6. The summed E-state index contributed by atoms with van der Waals surface area (Å²) in [7, 11) is 0. The second-order valence-corrected chi connectivity index (χ2v) is 6.33. The van der Waals surface area contributed by atoms with Crippen molar-refractivity contribution in [2.75, 3.05) is 6.54 Å². The molecule has 0 spiro atoms. The van der Waals surface area contributed by atoms with E-state index in [4.69, 9.17) is 0 Å². The second-order valence-electron chi connectivity index (χ2n) is 5.41. The SMILES string of the molecule is CC(C)CNC(=O)c1cc2ccccc2c2ccsc12. The van der Waals surface area contributed by atoms with Gasteiger partial charge in [-0.2, -0.15) is 0 Å². The minimum absolute atomic E-state index is 0.0249. The van der Waals surface area contributed by atoms with E-state index in [-0.39, 0.29) is 5.91 Å². The molecule has 3 heteroatoms. The summed E-state index contributed by atoms with van der Waals surface area (Å²) in [6, 6.07) is 12.3. The molecular formula is C17H17NOS. The number of rotatable bonds is 3. The maximum Gasteiger partial charge on any atom is 0.252 e. The van der Waals surface area contributed by atoms with Crippen LogP contribution in [0.2, 0.25) is 0 Å². The third kappa shape index (κ3) is 2.29. The molecule has 2 aromatic carbocycles. The molecular weight excluding hydrogens is 266 g/mol. The molecule has 102 valence electrons. The number of fused-ring (bicyclic) bond motifs is 3. The molecule has 0 bridgehead atoms. The summed E-state index contributed by atoms with van der Waals surface area (Å²) in [5.74, 6) is 0.482. The normalized spacial score (nSPS) is 11.3. The molecule has 0 unspecified atom stereocenters. The molecule has 0 atom stereocenters. The maximum atomic E-state index is 12.4. The summed E-state index contributed by atoms with van der Waals surface area (Å²) < 4.78 is 1.07. The maximum absolute atomic E-state index is 12.4.